The van der Waals surface area contributed by atoms with E-state index in [0.29, 0.717) is 5.75 Å². The van der Waals surface area contributed by atoms with Gasteiger partial charge in [-0.05, 0) is 24.6 Å². The van der Waals surface area contributed by atoms with Gasteiger partial charge in [0.25, 0.3) is 0 Å². The van der Waals surface area contributed by atoms with Crippen LogP contribution in [0.1, 0.15) is 4.88 Å². The summed E-state index contributed by atoms with van der Waals surface area (Å²) in [5.74, 6) is 0.622. The summed E-state index contributed by atoms with van der Waals surface area (Å²) >= 11 is 8.92. The van der Waals surface area contributed by atoms with E-state index >= 15 is 0 Å². The van der Waals surface area contributed by atoms with E-state index in [0.717, 1.165) is 15.2 Å². The molecule has 0 amide bonds. The molecule has 15 heavy (non-hydrogen) atoms. The van der Waals surface area contributed by atoms with Crippen LogP contribution in [0.2, 0.25) is 5.28 Å². The highest BCUT2D eigenvalue weighted by atomic mass is 35.5. The fourth-order valence-electron chi connectivity index (χ4n) is 1.24. The summed E-state index contributed by atoms with van der Waals surface area (Å²) in [6.07, 6.45) is 0. The molecule has 0 saturated carbocycles. The summed E-state index contributed by atoms with van der Waals surface area (Å²) < 4.78 is 0. The number of aliphatic hydroxyl groups is 1. The van der Waals surface area contributed by atoms with Crippen LogP contribution in [0.25, 0.3) is 10.2 Å². The lowest BCUT2D eigenvalue weighted by molar-refractivity contribution is 0.322. The van der Waals surface area contributed by atoms with Gasteiger partial charge in [-0.2, -0.15) is 0 Å². The molecule has 2 rings (SSSR count). The van der Waals surface area contributed by atoms with Crippen molar-refractivity contribution < 1.29 is 5.11 Å². The predicted octanol–water partition coefficient (Wildman–Crippen LogP) is 2.74. The lowest BCUT2D eigenvalue weighted by atomic mass is 10.4. The third kappa shape index (κ3) is 2.42. The minimum absolute atomic E-state index is 0.136. The second kappa shape index (κ2) is 4.65. The van der Waals surface area contributed by atoms with Crippen molar-refractivity contribution in [1.82, 2.24) is 9.97 Å². The molecular weight excluding hydrogens is 252 g/mol. The molecule has 0 aliphatic heterocycles. The molecule has 2 aromatic rings. The Balaban J connectivity index is 2.50. The van der Waals surface area contributed by atoms with E-state index < -0.39 is 0 Å². The van der Waals surface area contributed by atoms with Crippen molar-refractivity contribution in [3.8, 4) is 0 Å². The summed E-state index contributed by atoms with van der Waals surface area (Å²) in [5.41, 5.74) is 0. The van der Waals surface area contributed by atoms with Crippen molar-refractivity contribution in [3.63, 3.8) is 0 Å². The molecule has 2 heterocycles. The summed E-state index contributed by atoms with van der Waals surface area (Å²) in [4.78, 5) is 10.4. The van der Waals surface area contributed by atoms with Gasteiger partial charge < -0.3 is 5.11 Å². The van der Waals surface area contributed by atoms with E-state index in [-0.39, 0.29) is 11.9 Å². The fraction of sp³-hybridized carbons (Fsp3) is 0.333. The number of hydrogen-bond acceptors (Lipinski definition) is 5. The van der Waals surface area contributed by atoms with Gasteiger partial charge in [0.05, 0.1) is 6.61 Å². The average Bonchev–Trinajstić information content (AvgIpc) is 2.54. The number of halogens is 1. The number of nitrogens with zero attached hydrogens (tertiary/aromatic N) is 2. The summed E-state index contributed by atoms with van der Waals surface area (Å²) in [6.45, 7) is 2.16. The van der Waals surface area contributed by atoms with Crippen LogP contribution >= 0.6 is 34.7 Å². The van der Waals surface area contributed by atoms with E-state index in [1.165, 1.54) is 16.6 Å². The predicted molar refractivity (Wildman–Crippen MR) is 65.0 cm³/mol. The lowest BCUT2D eigenvalue weighted by Gasteiger charge is -2.00. The number of aromatic nitrogens is 2. The van der Waals surface area contributed by atoms with Gasteiger partial charge in [-0.3, -0.25) is 0 Å². The Bertz CT molecular complexity index is 486. The van der Waals surface area contributed by atoms with Crippen molar-refractivity contribution in [2.24, 2.45) is 0 Å². The Labute approximate surface area is 101 Å². The molecule has 0 spiro atoms. The summed E-state index contributed by atoms with van der Waals surface area (Å²) in [5, 5.41) is 10.9. The summed E-state index contributed by atoms with van der Waals surface area (Å²) in [7, 11) is 0. The first-order valence-corrected chi connectivity index (χ1v) is 6.56. The standard InChI is InChI=1S/C9H9ClN2OS2/c1-5-4-6-7(14-3-2-13)11-9(10)12-8(6)15-5/h4,13H,2-3H2,1H3. The Kier molecular flexibility index (Phi) is 3.45. The first-order valence-electron chi connectivity index (χ1n) is 4.38. The first-order chi connectivity index (χ1) is 7.20. The molecule has 0 aliphatic rings. The van der Waals surface area contributed by atoms with Crippen LogP contribution in [0.5, 0.6) is 0 Å². The van der Waals surface area contributed by atoms with Crippen LogP contribution in [-0.2, 0) is 0 Å². The number of rotatable bonds is 3. The molecule has 0 aromatic carbocycles. The highest BCUT2D eigenvalue weighted by Gasteiger charge is 2.09. The van der Waals surface area contributed by atoms with E-state index in [1.54, 1.807) is 11.3 Å². The number of thiophene rings is 1. The molecule has 6 heteroatoms. The number of aliphatic hydroxyl groups excluding tert-OH is 1. The minimum Gasteiger partial charge on any atom is -0.396 e. The summed E-state index contributed by atoms with van der Waals surface area (Å²) in [6, 6.07) is 2.05. The zero-order chi connectivity index (χ0) is 10.8. The highest BCUT2D eigenvalue weighted by molar-refractivity contribution is 7.99. The number of aryl methyl sites for hydroxylation is 1. The Morgan fingerprint density at radius 2 is 2.33 bits per heavy atom. The molecule has 0 unspecified atom stereocenters. The van der Waals surface area contributed by atoms with Crippen molar-refractivity contribution >= 4 is 44.9 Å². The van der Waals surface area contributed by atoms with Crippen LogP contribution in [0.4, 0.5) is 0 Å². The molecule has 0 radical (unpaired) electrons. The van der Waals surface area contributed by atoms with Crippen LogP contribution in [0.15, 0.2) is 11.1 Å². The molecule has 2 aromatic heterocycles. The minimum atomic E-state index is 0.136. The first kappa shape index (κ1) is 11.1. The van der Waals surface area contributed by atoms with Crippen molar-refractivity contribution in [1.29, 1.82) is 0 Å². The molecule has 0 bridgehead atoms. The Morgan fingerprint density at radius 1 is 1.53 bits per heavy atom. The van der Waals surface area contributed by atoms with E-state index in [9.17, 15) is 0 Å². The van der Waals surface area contributed by atoms with Crippen LogP contribution in [0.3, 0.4) is 0 Å². The van der Waals surface area contributed by atoms with Crippen LogP contribution < -0.4 is 0 Å². The number of hydrogen-bond donors (Lipinski definition) is 1. The number of thioether (sulfide) groups is 1. The Hall–Kier alpha value is -0.360. The normalized spacial score (nSPS) is 11.1. The van der Waals surface area contributed by atoms with Crippen molar-refractivity contribution in [3.05, 3.63) is 16.2 Å². The monoisotopic (exact) mass is 260 g/mol. The van der Waals surface area contributed by atoms with Gasteiger partial charge in [-0.15, -0.1) is 23.1 Å². The maximum absolute atomic E-state index is 8.78. The van der Waals surface area contributed by atoms with Gasteiger partial charge >= 0.3 is 0 Å². The van der Waals surface area contributed by atoms with Crippen molar-refractivity contribution in [2.75, 3.05) is 12.4 Å². The van der Waals surface area contributed by atoms with Crippen LogP contribution in [0, 0.1) is 6.92 Å². The molecule has 0 saturated heterocycles. The van der Waals surface area contributed by atoms with Crippen LogP contribution in [-0.4, -0.2) is 27.4 Å². The lowest BCUT2D eigenvalue weighted by Crippen LogP contribution is -1.90. The molecule has 0 atom stereocenters. The van der Waals surface area contributed by atoms with E-state index in [2.05, 4.69) is 16.0 Å². The third-order valence-corrected chi connectivity index (χ3v) is 3.87. The highest BCUT2D eigenvalue weighted by Crippen LogP contribution is 2.31. The smallest absolute Gasteiger partial charge is 0.224 e. The second-order valence-corrected chi connectivity index (χ2v) is 5.60. The van der Waals surface area contributed by atoms with Gasteiger partial charge in [0.2, 0.25) is 5.28 Å². The SMILES string of the molecule is Cc1cc2c(SCCO)nc(Cl)nc2s1. The van der Waals surface area contributed by atoms with Gasteiger partial charge in [0.15, 0.2) is 0 Å². The average molecular weight is 261 g/mol. The topological polar surface area (TPSA) is 46.0 Å². The maximum atomic E-state index is 8.78. The zero-order valence-corrected chi connectivity index (χ0v) is 10.4. The quantitative estimate of drug-likeness (QED) is 0.524. The maximum Gasteiger partial charge on any atom is 0.224 e. The molecule has 1 N–H and O–H groups in total. The third-order valence-electron chi connectivity index (χ3n) is 1.78. The largest absolute Gasteiger partial charge is 0.396 e. The molecule has 3 nitrogen and oxygen atoms in total. The van der Waals surface area contributed by atoms with Gasteiger partial charge in [0.1, 0.15) is 9.86 Å². The molecular formula is C9H9ClN2OS2. The zero-order valence-electron chi connectivity index (χ0n) is 8.03. The van der Waals surface area contributed by atoms with Gasteiger partial charge in [-0.25, -0.2) is 9.97 Å². The van der Waals surface area contributed by atoms with E-state index in [4.69, 9.17) is 16.7 Å². The van der Waals surface area contributed by atoms with Gasteiger partial charge in [-0.1, -0.05) is 0 Å². The number of fused-ring (bicyclic) bond motifs is 1. The molecule has 0 aliphatic carbocycles. The van der Waals surface area contributed by atoms with Crippen molar-refractivity contribution in [2.45, 2.75) is 11.9 Å². The second-order valence-electron chi connectivity index (χ2n) is 2.95. The molecule has 0 fully saturated rings. The fourth-order valence-corrected chi connectivity index (χ4v) is 3.20. The Morgan fingerprint density at radius 3 is 3.07 bits per heavy atom. The van der Waals surface area contributed by atoms with Gasteiger partial charge in [0, 0.05) is 16.0 Å². The van der Waals surface area contributed by atoms with E-state index in [1.807, 2.05) is 6.92 Å². The molecule has 80 valence electrons.